The van der Waals surface area contributed by atoms with E-state index in [0.29, 0.717) is 5.56 Å². The Bertz CT molecular complexity index is 603. The quantitative estimate of drug-likeness (QED) is 0.606. The third-order valence-corrected chi connectivity index (χ3v) is 3.86. The summed E-state index contributed by atoms with van der Waals surface area (Å²) in [6.45, 7) is 4.06. The molecule has 0 aliphatic carbocycles. The van der Waals surface area contributed by atoms with Gasteiger partial charge < -0.3 is 4.74 Å². The van der Waals surface area contributed by atoms with E-state index in [1.807, 2.05) is 62.6 Å². The molecule has 0 spiro atoms. The van der Waals surface area contributed by atoms with Crippen LogP contribution in [0, 0.1) is 13.8 Å². The average Bonchev–Trinajstić information content (AvgIpc) is 2.48. The van der Waals surface area contributed by atoms with Crippen LogP contribution in [0.25, 0.3) is 0 Å². The molecule has 3 heteroatoms. The van der Waals surface area contributed by atoms with Crippen molar-refractivity contribution in [3.05, 3.63) is 59.2 Å². The van der Waals surface area contributed by atoms with Crippen molar-refractivity contribution in [2.24, 2.45) is 0 Å². The van der Waals surface area contributed by atoms with E-state index >= 15 is 0 Å². The molecule has 0 saturated carbocycles. The molecule has 0 saturated heterocycles. The minimum atomic E-state index is -0.00133. The van der Waals surface area contributed by atoms with Crippen LogP contribution in [-0.4, -0.2) is 18.6 Å². The number of hydrogen-bond acceptors (Lipinski definition) is 3. The number of ketones is 1. The highest BCUT2D eigenvalue weighted by molar-refractivity contribution is 7.98. The Morgan fingerprint density at radius 1 is 1.10 bits per heavy atom. The van der Waals surface area contributed by atoms with Crippen LogP contribution in [-0.2, 0) is 0 Å². The molecule has 2 rings (SSSR count). The van der Waals surface area contributed by atoms with Crippen molar-refractivity contribution >= 4 is 17.5 Å². The molecule has 2 aromatic carbocycles. The maximum absolute atomic E-state index is 12.1. The number of carbonyl (C=O) groups is 1. The molecule has 0 fully saturated rings. The molecule has 0 unspecified atom stereocenters. The highest BCUT2D eigenvalue weighted by Crippen LogP contribution is 2.20. The van der Waals surface area contributed by atoms with Crippen LogP contribution in [0.3, 0.4) is 0 Å². The summed E-state index contributed by atoms with van der Waals surface area (Å²) in [5.74, 6) is 0.776. The number of hydrogen-bond donors (Lipinski definition) is 0. The zero-order chi connectivity index (χ0) is 14.5. The van der Waals surface area contributed by atoms with Gasteiger partial charge in [-0.2, -0.15) is 0 Å². The van der Waals surface area contributed by atoms with Gasteiger partial charge in [0.25, 0.3) is 0 Å². The number of rotatable bonds is 5. The molecular weight excluding hydrogens is 268 g/mol. The molecule has 2 aromatic rings. The topological polar surface area (TPSA) is 26.3 Å². The number of carbonyl (C=O) groups excluding carboxylic acids is 1. The van der Waals surface area contributed by atoms with Crippen molar-refractivity contribution in [2.75, 3.05) is 12.9 Å². The van der Waals surface area contributed by atoms with Crippen LogP contribution >= 0.6 is 11.8 Å². The Kier molecular flexibility index (Phi) is 4.85. The first-order chi connectivity index (χ1) is 9.60. The first kappa shape index (κ1) is 14.7. The number of Topliss-reactive ketones (excluding diaryl/α,β-unsaturated/α-hetero) is 1. The molecule has 0 N–H and O–H groups in total. The fourth-order valence-corrected chi connectivity index (χ4v) is 2.27. The molecule has 0 aliphatic rings. The Hall–Kier alpha value is -1.74. The Balaban J connectivity index is 2.02. The van der Waals surface area contributed by atoms with Crippen LogP contribution in [0.5, 0.6) is 5.75 Å². The van der Waals surface area contributed by atoms with Gasteiger partial charge in [0.05, 0.1) is 0 Å². The van der Waals surface area contributed by atoms with Crippen molar-refractivity contribution in [1.29, 1.82) is 0 Å². The van der Waals surface area contributed by atoms with Gasteiger partial charge in [-0.15, -0.1) is 11.8 Å². The van der Waals surface area contributed by atoms with Crippen LogP contribution in [0.2, 0.25) is 0 Å². The number of thioether (sulfide) groups is 1. The normalized spacial score (nSPS) is 10.3. The summed E-state index contributed by atoms with van der Waals surface area (Å²) in [5.41, 5.74) is 2.86. The van der Waals surface area contributed by atoms with Gasteiger partial charge in [-0.1, -0.05) is 24.3 Å². The fourth-order valence-electron chi connectivity index (χ4n) is 1.87. The Morgan fingerprint density at radius 2 is 1.80 bits per heavy atom. The molecule has 0 bridgehead atoms. The van der Waals surface area contributed by atoms with Gasteiger partial charge in [0, 0.05) is 10.5 Å². The van der Waals surface area contributed by atoms with E-state index in [1.165, 1.54) is 0 Å². The van der Waals surface area contributed by atoms with Crippen molar-refractivity contribution < 1.29 is 9.53 Å². The molecule has 20 heavy (non-hydrogen) atoms. The maximum Gasteiger partial charge on any atom is 0.200 e. The van der Waals surface area contributed by atoms with Gasteiger partial charge in [-0.25, -0.2) is 0 Å². The molecule has 0 aliphatic heterocycles. The summed E-state index contributed by atoms with van der Waals surface area (Å²) >= 11 is 1.66. The average molecular weight is 286 g/mol. The van der Waals surface area contributed by atoms with Crippen LogP contribution in [0.4, 0.5) is 0 Å². The number of benzene rings is 2. The Morgan fingerprint density at radius 3 is 2.45 bits per heavy atom. The van der Waals surface area contributed by atoms with Gasteiger partial charge >= 0.3 is 0 Å². The maximum atomic E-state index is 12.1. The SMILES string of the molecule is CSc1ccc(C(=O)COc2cc(C)ccc2C)cc1. The molecule has 0 aromatic heterocycles. The van der Waals surface area contributed by atoms with E-state index in [2.05, 4.69) is 0 Å². The number of ether oxygens (including phenoxy) is 1. The van der Waals surface area contributed by atoms with Crippen molar-refractivity contribution in [2.45, 2.75) is 18.7 Å². The zero-order valence-corrected chi connectivity index (χ0v) is 12.8. The lowest BCUT2D eigenvalue weighted by Crippen LogP contribution is -2.12. The van der Waals surface area contributed by atoms with E-state index in [9.17, 15) is 4.79 Å². The van der Waals surface area contributed by atoms with Crippen molar-refractivity contribution in [1.82, 2.24) is 0 Å². The molecule has 104 valence electrons. The van der Waals surface area contributed by atoms with Gasteiger partial charge in [0.15, 0.2) is 12.4 Å². The number of aryl methyl sites for hydroxylation is 2. The summed E-state index contributed by atoms with van der Waals surface area (Å²) in [5, 5.41) is 0. The standard InChI is InChI=1S/C17H18O2S/c1-12-4-5-13(2)17(10-12)19-11-16(18)14-6-8-15(20-3)9-7-14/h4-10H,11H2,1-3H3. The van der Waals surface area contributed by atoms with Gasteiger partial charge in [-0.05, 0) is 49.4 Å². The Labute approximate surface area is 124 Å². The lowest BCUT2D eigenvalue weighted by Gasteiger charge is -2.09. The van der Waals surface area contributed by atoms with E-state index in [0.717, 1.165) is 21.8 Å². The minimum absolute atomic E-state index is 0.00133. The third kappa shape index (κ3) is 3.64. The van der Waals surface area contributed by atoms with E-state index in [-0.39, 0.29) is 12.4 Å². The second-order valence-electron chi connectivity index (χ2n) is 4.71. The largest absolute Gasteiger partial charge is 0.485 e. The predicted octanol–water partition coefficient (Wildman–Crippen LogP) is 4.29. The van der Waals surface area contributed by atoms with Gasteiger partial charge in [-0.3, -0.25) is 4.79 Å². The lowest BCUT2D eigenvalue weighted by molar-refractivity contribution is 0.0921. The lowest BCUT2D eigenvalue weighted by atomic mass is 10.1. The van der Waals surface area contributed by atoms with Crippen molar-refractivity contribution in [3.63, 3.8) is 0 Å². The molecule has 2 nitrogen and oxygen atoms in total. The first-order valence-electron chi connectivity index (χ1n) is 6.47. The van der Waals surface area contributed by atoms with E-state index < -0.39 is 0 Å². The van der Waals surface area contributed by atoms with E-state index in [4.69, 9.17) is 4.74 Å². The second kappa shape index (κ2) is 6.62. The fraction of sp³-hybridized carbons (Fsp3) is 0.235. The van der Waals surface area contributed by atoms with Crippen molar-refractivity contribution in [3.8, 4) is 5.75 Å². The molecule has 0 radical (unpaired) electrons. The summed E-state index contributed by atoms with van der Waals surface area (Å²) < 4.78 is 5.64. The summed E-state index contributed by atoms with van der Waals surface area (Å²) in [6, 6.07) is 13.6. The minimum Gasteiger partial charge on any atom is -0.485 e. The van der Waals surface area contributed by atoms with Gasteiger partial charge in [0.2, 0.25) is 0 Å². The van der Waals surface area contributed by atoms with E-state index in [1.54, 1.807) is 11.8 Å². The molecule has 0 atom stereocenters. The first-order valence-corrected chi connectivity index (χ1v) is 7.70. The molecule has 0 amide bonds. The predicted molar refractivity (Wildman–Crippen MR) is 84.0 cm³/mol. The summed E-state index contributed by atoms with van der Waals surface area (Å²) in [6.07, 6.45) is 2.01. The van der Waals surface area contributed by atoms with Gasteiger partial charge in [0.1, 0.15) is 5.75 Å². The summed E-state index contributed by atoms with van der Waals surface area (Å²) in [4.78, 5) is 13.2. The monoisotopic (exact) mass is 286 g/mol. The zero-order valence-electron chi connectivity index (χ0n) is 12.0. The molecule has 0 heterocycles. The smallest absolute Gasteiger partial charge is 0.200 e. The molecular formula is C17H18O2S. The third-order valence-electron chi connectivity index (χ3n) is 3.11. The van der Waals surface area contributed by atoms with Crippen LogP contribution in [0.1, 0.15) is 21.5 Å². The second-order valence-corrected chi connectivity index (χ2v) is 5.59. The van der Waals surface area contributed by atoms with Crippen LogP contribution < -0.4 is 4.74 Å². The highest BCUT2D eigenvalue weighted by Gasteiger charge is 2.08. The van der Waals surface area contributed by atoms with Crippen LogP contribution in [0.15, 0.2) is 47.4 Å². The highest BCUT2D eigenvalue weighted by atomic mass is 32.2. The summed E-state index contributed by atoms with van der Waals surface area (Å²) in [7, 11) is 0.